The van der Waals surface area contributed by atoms with E-state index in [-0.39, 0.29) is 11.4 Å². The van der Waals surface area contributed by atoms with Gasteiger partial charge in [0.15, 0.2) is 11.5 Å². The molecule has 0 aliphatic heterocycles. The van der Waals surface area contributed by atoms with Crippen LogP contribution < -0.4 is 14.9 Å². The number of anilines is 1. The summed E-state index contributed by atoms with van der Waals surface area (Å²) in [6.45, 7) is 0.331. The number of hydrogen-bond acceptors (Lipinski definition) is 8. The van der Waals surface area contributed by atoms with Crippen molar-refractivity contribution in [3.63, 3.8) is 0 Å². The van der Waals surface area contributed by atoms with Crippen LogP contribution >= 0.6 is 15.9 Å². The zero-order valence-corrected chi connectivity index (χ0v) is 18.3. The molecule has 0 radical (unpaired) electrons. The Morgan fingerprint density at radius 1 is 1.00 bits per heavy atom. The molecule has 0 atom stereocenters. The van der Waals surface area contributed by atoms with Crippen LogP contribution in [-0.2, 0) is 6.61 Å². The summed E-state index contributed by atoms with van der Waals surface area (Å²) in [7, 11) is 1.53. The number of hydrogen-bond donors (Lipinski definition) is 1. The molecular formula is C21H17BrN4O6. The van der Waals surface area contributed by atoms with Crippen LogP contribution in [0.25, 0.3) is 0 Å². The van der Waals surface area contributed by atoms with Gasteiger partial charge in [0.2, 0.25) is 0 Å². The van der Waals surface area contributed by atoms with Crippen LogP contribution in [-0.4, -0.2) is 23.2 Å². The highest BCUT2D eigenvalue weighted by atomic mass is 79.9. The van der Waals surface area contributed by atoms with E-state index < -0.39 is 15.5 Å². The second-order valence-corrected chi connectivity index (χ2v) is 7.33. The number of methoxy groups -OCH3 is 1. The van der Waals surface area contributed by atoms with Crippen molar-refractivity contribution in [3.8, 4) is 11.5 Å². The zero-order chi connectivity index (χ0) is 23.1. The second-order valence-electron chi connectivity index (χ2n) is 6.41. The molecule has 11 heteroatoms. The highest BCUT2D eigenvalue weighted by molar-refractivity contribution is 9.10. The number of ether oxygens (including phenoxy) is 2. The fraction of sp³-hybridized carbons (Fsp3) is 0.0952. The van der Waals surface area contributed by atoms with Crippen molar-refractivity contribution in [2.45, 2.75) is 6.61 Å². The van der Waals surface area contributed by atoms with Crippen LogP contribution in [0.1, 0.15) is 11.1 Å². The molecule has 32 heavy (non-hydrogen) atoms. The predicted octanol–water partition coefficient (Wildman–Crippen LogP) is 5.30. The number of nitro groups is 2. The predicted molar refractivity (Wildman–Crippen MR) is 122 cm³/mol. The first kappa shape index (κ1) is 22.7. The van der Waals surface area contributed by atoms with E-state index in [4.69, 9.17) is 9.47 Å². The fourth-order valence-corrected chi connectivity index (χ4v) is 2.95. The highest BCUT2D eigenvalue weighted by Gasteiger charge is 2.19. The van der Waals surface area contributed by atoms with E-state index in [1.165, 1.54) is 19.4 Å². The Balaban J connectivity index is 1.74. The van der Waals surface area contributed by atoms with Gasteiger partial charge < -0.3 is 9.47 Å². The molecular weight excluding hydrogens is 484 g/mol. The minimum absolute atomic E-state index is 0.0251. The van der Waals surface area contributed by atoms with Gasteiger partial charge in [0.05, 0.1) is 29.2 Å². The van der Waals surface area contributed by atoms with Crippen LogP contribution in [0.15, 0.2) is 70.2 Å². The lowest BCUT2D eigenvalue weighted by Gasteiger charge is -2.11. The first-order valence-electron chi connectivity index (χ1n) is 9.14. The normalized spacial score (nSPS) is 10.7. The van der Waals surface area contributed by atoms with Crippen molar-refractivity contribution >= 4 is 39.2 Å². The van der Waals surface area contributed by atoms with Crippen LogP contribution in [0.3, 0.4) is 0 Å². The summed E-state index contributed by atoms with van der Waals surface area (Å²) in [5.41, 5.74) is 3.36. The SMILES string of the molecule is COc1ccc(/C=N\Nc2ccc([N+](=O)[O-])cc2[N+](=O)[O-])cc1OCc1ccc(Br)cc1. The minimum atomic E-state index is -0.716. The zero-order valence-electron chi connectivity index (χ0n) is 16.7. The molecule has 3 aromatic carbocycles. The minimum Gasteiger partial charge on any atom is -0.493 e. The second kappa shape index (κ2) is 10.4. The fourth-order valence-electron chi connectivity index (χ4n) is 2.68. The molecule has 0 saturated heterocycles. The lowest BCUT2D eigenvalue weighted by atomic mass is 10.2. The number of hydrazone groups is 1. The van der Waals surface area contributed by atoms with Crippen molar-refractivity contribution < 1.29 is 19.3 Å². The molecule has 3 aromatic rings. The highest BCUT2D eigenvalue weighted by Crippen LogP contribution is 2.30. The monoisotopic (exact) mass is 500 g/mol. The summed E-state index contributed by atoms with van der Waals surface area (Å²) >= 11 is 3.39. The smallest absolute Gasteiger partial charge is 0.301 e. The Morgan fingerprint density at radius 2 is 1.75 bits per heavy atom. The van der Waals surface area contributed by atoms with Gasteiger partial charge in [0, 0.05) is 10.5 Å². The molecule has 164 valence electrons. The maximum absolute atomic E-state index is 11.2. The lowest BCUT2D eigenvalue weighted by molar-refractivity contribution is -0.393. The van der Waals surface area contributed by atoms with Crippen molar-refractivity contribution in [1.29, 1.82) is 0 Å². The molecule has 0 bridgehead atoms. The summed E-state index contributed by atoms with van der Waals surface area (Å²) in [5, 5.41) is 26.1. The first-order valence-corrected chi connectivity index (χ1v) is 9.94. The third-order valence-electron chi connectivity index (χ3n) is 4.28. The average Bonchev–Trinajstić information content (AvgIpc) is 2.78. The van der Waals surface area contributed by atoms with Gasteiger partial charge in [0.1, 0.15) is 12.3 Å². The average molecular weight is 501 g/mol. The van der Waals surface area contributed by atoms with Crippen molar-refractivity contribution in [2.24, 2.45) is 5.10 Å². The summed E-state index contributed by atoms with van der Waals surface area (Å²) in [6, 6.07) is 16.1. The molecule has 0 aliphatic rings. The topological polar surface area (TPSA) is 129 Å². The number of nitrogens with one attached hydrogen (secondary N) is 1. The van der Waals surface area contributed by atoms with Crippen molar-refractivity contribution in [3.05, 3.63) is 96.5 Å². The maximum Gasteiger partial charge on any atom is 0.301 e. The standard InChI is InChI=1S/C21H17BrN4O6/c1-31-20-9-4-15(10-21(20)32-13-14-2-5-16(22)6-3-14)12-23-24-18-8-7-17(25(27)28)11-19(18)26(29)30/h2-12,24H,13H2,1H3/b23-12-. The largest absolute Gasteiger partial charge is 0.493 e. The molecule has 10 nitrogen and oxygen atoms in total. The van der Waals surface area contributed by atoms with Gasteiger partial charge >= 0.3 is 5.69 Å². The van der Waals surface area contributed by atoms with E-state index in [0.717, 1.165) is 22.2 Å². The van der Waals surface area contributed by atoms with E-state index in [1.54, 1.807) is 18.2 Å². The number of rotatable bonds is 9. The third-order valence-corrected chi connectivity index (χ3v) is 4.81. The van der Waals surface area contributed by atoms with E-state index in [9.17, 15) is 20.2 Å². The van der Waals surface area contributed by atoms with Gasteiger partial charge in [0.25, 0.3) is 5.69 Å². The molecule has 0 fully saturated rings. The summed E-state index contributed by atoms with van der Waals surface area (Å²) < 4.78 is 12.2. The van der Waals surface area contributed by atoms with Gasteiger partial charge in [-0.25, -0.2) is 0 Å². The van der Waals surface area contributed by atoms with Gasteiger partial charge in [-0.1, -0.05) is 28.1 Å². The summed E-state index contributed by atoms with van der Waals surface area (Å²) in [6.07, 6.45) is 1.44. The maximum atomic E-state index is 11.2. The number of halogens is 1. The Morgan fingerprint density at radius 3 is 2.41 bits per heavy atom. The Hall–Kier alpha value is -3.99. The molecule has 0 heterocycles. The Bertz CT molecular complexity index is 1170. The molecule has 0 aromatic heterocycles. The van der Waals surface area contributed by atoms with E-state index >= 15 is 0 Å². The Labute approximate surface area is 190 Å². The quantitative estimate of drug-likeness (QED) is 0.239. The van der Waals surface area contributed by atoms with Crippen LogP contribution in [0.4, 0.5) is 17.1 Å². The number of benzene rings is 3. The number of nitrogens with zero attached hydrogens (tertiary/aromatic N) is 3. The van der Waals surface area contributed by atoms with E-state index in [2.05, 4.69) is 26.5 Å². The van der Waals surface area contributed by atoms with Crippen LogP contribution in [0.2, 0.25) is 0 Å². The lowest BCUT2D eigenvalue weighted by Crippen LogP contribution is -2.00. The molecule has 3 rings (SSSR count). The van der Waals surface area contributed by atoms with Crippen LogP contribution in [0, 0.1) is 20.2 Å². The Kier molecular flexibility index (Phi) is 7.34. The molecule has 0 spiro atoms. The molecule has 0 saturated carbocycles. The van der Waals surface area contributed by atoms with Crippen LogP contribution in [0.5, 0.6) is 11.5 Å². The van der Waals surface area contributed by atoms with E-state index in [1.807, 2.05) is 24.3 Å². The van der Waals surface area contributed by atoms with Crippen molar-refractivity contribution in [2.75, 3.05) is 12.5 Å². The van der Waals surface area contributed by atoms with E-state index in [0.29, 0.717) is 23.7 Å². The van der Waals surface area contributed by atoms with Gasteiger partial charge in [-0.2, -0.15) is 5.10 Å². The number of non-ortho nitro benzene ring substituents is 1. The molecule has 0 unspecified atom stereocenters. The first-order chi connectivity index (χ1) is 15.4. The molecule has 1 N–H and O–H groups in total. The van der Waals surface area contributed by atoms with Crippen molar-refractivity contribution in [1.82, 2.24) is 0 Å². The number of nitro benzene ring substituents is 2. The van der Waals surface area contributed by atoms with Gasteiger partial charge in [-0.15, -0.1) is 0 Å². The van der Waals surface area contributed by atoms with Gasteiger partial charge in [-0.05, 0) is 47.5 Å². The summed E-state index contributed by atoms with van der Waals surface area (Å²) in [5.74, 6) is 1.04. The summed E-state index contributed by atoms with van der Waals surface area (Å²) in [4.78, 5) is 20.6. The van der Waals surface area contributed by atoms with Gasteiger partial charge in [-0.3, -0.25) is 25.7 Å². The molecule has 0 amide bonds. The third kappa shape index (κ3) is 5.79. The molecule has 0 aliphatic carbocycles.